The Kier molecular flexibility index (Phi) is 5.11. The van der Waals surface area contributed by atoms with E-state index in [1.54, 1.807) is 12.5 Å². The van der Waals surface area contributed by atoms with Crippen molar-refractivity contribution in [3.63, 3.8) is 0 Å². The van der Waals surface area contributed by atoms with Gasteiger partial charge >= 0.3 is 0 Å². The molecule has 0 saturated heterocycles. The number of hydrogen-bond donors (Lipinski definition) is 2. The quantitative estimate of drug-likeness (QED) is 0.673. The van der Waals surface area contributed by atoms with Gasteiger partial charge in [0.1, 0.15) is 5.65 Å². The molecule has 3 aromatic rings. The van der Waals surface area contributed by atoms with Gasteiger partial charge in [0.25, 0.3) is 0 Å². The Hall–Kier alpha value is -1.69. The summed E-state index contributed by atoms with van der Waals surface area (Å²) in [6.07, 6.45) is 8.38. The van der Waals surface area contributed by atoms with E-state index >= 15 is 0 Å². The number of nitrogens with one attached hydrogen (secondary N) is 2. The molecule has 1 aliphatic carbocycles. The maximum Gasteiger partial charge on any atom is 0.137 e. The van der Waals surface area contributed by atoms with Crippen LogP contribution < -0.4 is 5.32 Å². The average Bonchev–Trinajstić information content (AvgIpc) is 3.28. The van der Waals surface area contributed by atoms with Crippen molar-refractivity contribution in [3.05, 3.63) is 58.9 Å². The largest absolute Gasteiger partial charge is 0.341 e. The number of nitrogens with zero attached hydrogens (tertiary/aromatic N) is 1. The van der Waals surface area contributed by atoms with E-state index < -0.39 is 10.8 Å². The molecule has 1 saturated carbocycles. The van der Waals surface area contributed by atoms with E-state index in [1.165, 1.54) is 25.7 Å². The van der Waals surface area contributed by atoms with Crippen LogP contribution >= 0.6 is 11.6 Å². The van der Waals surface area contributed by atoms with Crippen LogP contribution in [0.1, 0.15) is 43.0 Å². The van der Waals surface area contributed by atoms with Gasteiger partial charge in [-0.3, -0.25) is 4.21 Å². The minimum Gasteiger partial charge on any atom is -0.341 e. The van der Waals surface area contributed by atoms with Crippen LogP contribution in [0.3, 0.4) is 0 Å². The molecule has 6 heteroatoms. The van der Waals surface area contributed by atoms with Gasteiger partial charge in [0.05, 0.1) is 26.8 Å². The molecule has 0 radical (unpaired) electrons. The van der Waals surface area contributed by atoms with Crippen molar-refractivity contribution in [1.29, 1.82) is 0 Å². The SMILES string of the molecule is CS(=O)c1ccc(C(NC2CCCC2)c2cc3cccnc3[nH]2)cc1Cl. The van der Waals surface area contributed by atoms with Crippen molar-refractivity contribution in [1.82, 2.24) is 15.3 Å². The van der Waals surface area contributed by atoms with Crippen LogP contribution in [0.25, 0.3) is 11.0 Å². The van der Waals surface area contributed by atoms with Crippen molar-refractivity contribution < 1.29 is 4.21 Å². The molecule has 0 bridgehead atoms. The first-order valence-corrected chi connectivity index (χ1v) is 10.9. The van der Waals surface area contributed by atoms with Crippen molar-refractivity contribution in [2.45, 2.75) is 42.7 Å². The molecule has 136 valence electrons. The molecule has 0 aliphatic heterocycles. The highest BCUT2D eigenvalue weighted by molar-refractivity contribution is 7.84. The van der Waals surface area contributed by atoms with Gasteiger partial charge in [0, 0.05) is 29.6 Å². The van der Waals surface area contributed by atoms with E-state index in [-0.39, 0.29) is 6.04 Å². The Morgan fingerprint density at radius 1 is 1.27 bits per heavy atom. The fourth-order valence-corrected chi connectivity index (χ4v) is 4.87. The molecule has 1 fully saturated rings. The lowest BCUT2D eigenvalue weighted by atomic mass is 10.0. The van der Waals surface area contributed by atoms with Crippen LogP contribution in [0.2, 0.25) is 5.02 Å². The highest BCUT2D eigenvalue weighted by atomic mass is 35.5. The normalized spacial score (nSPS) is 17.6. The van der Waals surface area contributed by atoms with Crippen LogP contribution in [0, 0.1) is 0 Å². The second-order valence-corrected chi connectivity index (χ2v) is 8.65. The van der Waals surface area contributed by atoms with Gasteiger partial charge in [-0.2, -0.15) is 0 Å². The molecule has 2 aromatic heterocycles. The number of rotatable bonds is 5. The summed E-state index contributed by atoms with van der Waals surface area (Å²) >= 11 is 6.41. The van der Waals surface area contributed by atoms with E-state index in [0.29, 0.717) is 16.0 Å². The zero-order valence-corrected chi connectivity index (χ0v) is 16.2. The maximum absolute atomic E-state index is 11.8. The Morgan fingerprint density at radius 3 is 2.77 bits per heavy atom. The molecule has 2 N–H and O–H groups in total. The van der Waals surface area contributed by atoms with Crippen LogP contribution in [-0.4, -0.2) is 26.5 Å². The average molecular weight is 388 g/mol. The number of halogens is 1. The summed E-state index contributed by atoms with van der Waals surface area (Å²) in [4.78, 5) is 8.54. The summed E-state index contributed by atoms with van der Waals surface area (Å²) in [6.45, 7) is 0. The van der Waals surface area contributed by atoms with Crippen LogP contribution in [0.5, 0.6) is 0 Å². The first-order chi connectivity index (χ1) is 12.6. The molecule has 0 spiro atoms. The van der Waals surface area contributed by atoms with E-state index in [2.05, 4.69) is 27.4 Å². The molecule has 4 rings (SSSR count). The van der Waals surface area contributed by atoms with E-state index in [0.717, 1.165) is 22.3 Å². The number of pyridine rings is 1. The van der Waals surface area contributed by atoms with Gasteiger partial charge in [-0.1, -0.05) is 30.5 Å². The summed E-state index contributed by atoms with van der Waals surface area (Å²) < 4.78 is 11.8. The topological polar surface area (TPSA) is 57.8 Å². The Balaban J connectivity index is 1.74. The first-order valence-electron chi connectivity index (χ1n) is 8.94. The van der Waals surface area contributed by atoms with Gasteiger partial charge < -0.3 is 10.3 Å². The molecule has 0 amide bonds. The minimum absolute atomic E-state index is 0.00383. The summed E-state index contributed by atoms with van der Waals surface area (Å²) in [7, 11) is -1.09. The second kappa shape index (κ2) is 7.51. The lowest BCUT2D eigenvalue weighted by Gasteiger charge is -2.23. The molecule has 2 unspecified atom stereocenters. The molecular weight excluding hydrogens is 366 g/mol. The van der Waals surface area contributed by atoms with Crippen molar-refractivity contribution in [2.24, 2.45) is 0 Å². The van der Waals surface area contributed by atoms with E-state index in [1.807, 2.05) is 24.3 Å². The smallest absolute Gasteiger partial charge is 0.137 e. The molecule has 4 nitrogen and oxygen atoms in total. The second-order valence-electron chi connectivity index (χ2n) is 6.89. The number of fused-ring (bicyclic) bond motifs is 1. The Bertz CT molecular complexity index is 916. The highest BCUT2D eigenvalue weighted by Gasteiger charge is 2.24. The lowest BCUT2D eigenvalue weighted by Crippen LogP contribution is -2.31. The zero-order valence-electron chi connectivity index (χ0n) is 14.7. The summed E-state index contributed by atoms with van der Waals surface area (Å²) in [5, 5.41) is 5.44. The third kappa shape index (κ3) is 3.56. The molecule has 2 heterocycles. The highest BCUT2D eigenvalue weighted by Crippen LogP contribution is 2.31. The third-order valence-corrected chi connectivity index (χ3v) is 6.48. The van der Waals surface area contributed by atoms with Gasteiger partial charge in [0.15, 0.2) is 0 Å². The molecule has 2 atom stereocenters. The molecule has 1 aromatic carbocycles. The van der Waals surface area contributed by atoms with Crippen molar-refractivity contribution in [3.8, 4) is 0 Å². The van der Waals surface area contributed by atoms with Gasteiger partial charge in [-0.25, -0.2) is 4.98 Å². The molecular formula is C20H22ClN3OS. The number of aromatic nitrogens is 2. The van der Waals surface area contributed by atoms with Gasteiger partial charge in [-0.15, -0.1) is 0 Å². The predicted molar refractivity (Wildman–Crippen MR) is 107 cm³/mol. The standard InChI is InChI=1S/C20H22ClN3OS/c1-26(25)18-9-8-13(11-16(18)21)19(23-15-6-2-3-7-15)17-12-14-5-4-10-22-20(14)24-17/h4-5,8-12,15,19,23H,2-3,6-7H2,1H3,(H,22,24). The zero-order chi connectivity index (χ0) is 18.1. The predicted octanol–water partition coefficient (Wildman–Crippen LogP) is 4.58. The van der Waals surface area contributed by atoms with E-state index in [4.69, 9.17) is 11.6 Å². The summed E-state index contributed by atoms with van der Waals surface area (Å²) in [5.41, 5.74) is 3.03. The van der Waals surface area contributed by atoms with Crippen LogP contribution in [0.15, 0.2) is 47.5 Å². The Morgan fingerprint density at radius 2 is 2.08 bits per heavy atom. The lowest BCUT2D eigenvalue weighted by molar-refractivity contribution is 0.474. The number of hydrogen-bond acceptors (Lipinski definition) is 3. The molecule has 26 heavy (non-hydrogen) atoms. The number of H-pyrrole nitrogens is 1. The minimum atomic E-state index is -1.09. The van der Waals surface area contributed by atoms with Crippen LogP contribution in [0.4, 0.5) is 0 Å². The Labute approximate surface area is 160 Å². The fraction of sp³-hybridized carbons (Fsp3) is 0.350. The monoisotopic (exact) mass is 387 g/mol. The van der Waals surface area contributed by atoms with Crippen molar-refractivity contribution >= 4 is 33.4 Å². The van der Waals surface area contributed by atoms with Gasteiger partial charge in [-0.05, 0) is 48.7 Å². The van der Waals surface area contributed by atoms with Crippen LogP contribution in [-0.2, 0) is 10.8 Å². The van der Waals surface area contributed by atoms with Crippen molar-refractivity contribution in [2.75, 3.05) is 6.26 Å². The fourth-order valence-electron chi connectivity index (χ4n) is 3.76. The summed E-state index contributed by atoms with van der Waals surface area (Å²) in [6, 6.07) is 12.5. The van der Waals surface area contributed by atoms with Gasteiger partial charge in [0.2, 0.25) is 0 Å². The number of aromatic amines is 1. The maximum atomic E-state index is 11.8. The third-order valence-electron chi connectivity index (χ3n) is 5.08. The number of benzene rings is 1. The molecule has 1 aliphatic rings. The first kappa shape index (κ1) is 17.7. The summed E-state index contributed by atoms with van der Waals surface area (Å²) in [5.74, 6) is 0. The van der Waals surface area contributed by atoms with E-state index in [9.17, 15) is 4.21 Å².